The SMILES string of the molecule is CC1=CCCC(c2ccc(N)cc2)CCC1. The third-order valence-corrected chi connectivity index (χ3v) is 3.54. The molecule has 0 bridgehead atoms. The van der Waals surface area contributed by atoms with Gasteiger partial charge < -0.3 is 5.73 Å². The molecule has 1 aliphatic rings. The van der Waals surface area contributed by atoms with Gasteiger partial charge in [-0.2, -0.15) is 0 Å². The molecule has 1 aromatic rings. The number of hydrogen-bond acceptors (Lipinski definition) is 1. The highest BCUT2D eigenvalue weighted by Crippen LogP contribution is 2.30. The van der Waals surface area contributed by atoms with Crippen LogP contribution in [0.25, 0.3) is 0 Å². The maximum atomic E-state index is 5.72. The van der Waals surface area contributed by atoms with Gasteiger partial charge in [0.2, 0.25) is 0 Å². The number of nitrogen functional groups attached to an aromatic ring is 1. The Kier molecular flexibility index (Phi) is 3.66. The number of nitrogens with two attached hydrogens (primary N) is 1. The Labute approximate surface area is 98.4 Å². The lowest BCUT2D eigenvalue weighted by atomic mass is 9.86. The lowest BCUT2D eigenvalue weighted by Crippen LogP contribution is -2.01. The van der Waals surface area contributed by atoms with E-state index in [1.807, 2.05) is 12.1 Å². The van der Waals surface area contributed by atoms with Gasteiger partial charge in [-0.3, -0.25) is 0 Å². The predicted molar refractivity (Wildman–Crippen MR) is 70.4 cm³/mol. The third-order valence-electron chi connectivity index (χ3n) is 3.54. The largest absolute Gasteiger partial charge is 0.399 e. The summed E-state index contributed by atoms with van der Waals surface area (Å²) in [6, 6.07) is 8.43. The highest BCUT2D eigenvalue weighted by molar-refractivity contribution is 5.40. The Balaban J connectivity index is 2.07. The van der Waals surface area contributed by atoms with Crippen LogP contribution in [0.15, 0.2) is 35.9 Å². The molecule has 1 unspecified atom stereocenters. The number of anilines is 1. The van der Waals surface area contributed by atoms with Crippen molar-refractivity contribution in [3.63, 3.8) is 0 Å². The molecule has 0 aromatic heterocycles. The van der Waals surface area contributed by atoms with E-state index in [0.717, 1.165) is 11.6 Å². The zero-order chi connectivity index (χ0) is 11.4. The molecular weight excluding hydrogens is 194 g/mol. The molecular formula is C15H21N. The Morgan fingerprint density at radius 2 is 1.88 bits per heavy atom. The van der Waals surface area contributed by atoms with E-state index in [-0.39, 0.29) is 0 Å². The van der Waals surface area contributed by atoms with Crippen molar-refractivity contribution in [1.82, 2.24) is 0 Å². The van der Waals surface area contributed by atoms with E-state index in [1.165, 1.54) is 37.7 Å². The highest BCUT2D eigenvalue weighted by atomic mass is 14.5. The summed E-state index contributed by atoms with van der Waals surface area (Å²) < 4.78 is 0. The van der Waals surface area contributed by atoms with Crippen molar-refractivity contribution in [3.8, 4) is 0 Å². The smallest absolute Gasteiger partial charge is 0.0314 e. The fourth-order valence-electron chi connectivity index (χ4n) is 2.51. The summed E-state index contributed by atoms with van der Waals surface area (Å²) in [4.78, 5) is 0. The van der Waals surface area contributed by atoms with Crippen molar-refractivity contribution in [1.29, 1.82) is 0 Å². The van der Waals surface area contributed by atoms with Crippen LogP contribution in [0.2, 0.25) is 0 Å². The van der Waals surface area contributed by atoms with Crippen LogP contribution in [0, 0.1) is 0 Å². The first-order valence-corrected chi connectivity index (χ1v) is 6.27. The Hall–Kier alpha value is -1.24. The van der Waals surface area contributed by atoms with Gasteiger partial charge in [0.25, 0.3) is 0 Å². The van der Waals surface area contributed by atoms with Crippen molar-refractivity contribution in [2.24, 2.45) is 0 Å². The topological polar surface area (TPSA) is 26.0 Å². The Morgan fingerprint density at radius 3 is 2.62 bits per heavy atom. The van der Waals surface area contributed by atoms with Crippen molar-refractivity contribution in [2.45, 2.75) is 44.9 Å². The molecule has 0 spiro atoms. The molecule has 2 N–H and O–H groups in total. The molecule has 1 atom stereocenters. The summed E-state index contributed by atoms with van der Waals surface area (Å²) in [5.74, 6) is 0.727. The molecule has 0 heterocycles. The van der Waals surface area contributed by atoms with Crippen LogP contribution in [-0.2, 0) is 0 Å². The Bertz CT molecular complexity index is 362. The van der Waals surface area contributed by atoms with Gasteiger partial charge in [0, 0.05) is 5.69 Å². The van der Waals surface area contributed by atoms with Crippen LogP contribution in [0.5, 0.6) is 0 Å². The second kappa shape index (κ2) is 5.20. The molecule has 0 amide bonds. The summed E-state index contributed by atoms with van der Waals surface area (Å²) in [5, 5.41) is 0. The van der Waals surface area contributed by atoms with E-state index in [4.69, 9.17) is 5.73 Å². The lowest BCUT2D eigenvalue weighted by molar-refractivity contribution is 0.543. The molecule has 0 saturated heterocycles. The second-order valence-electron chi connectivity index (χ2n) is 4.88. The Morgan fingerprint density at radius 1 is 1.12 bits per heavy atom. The minimum absolute atomic E-state index is 0.727. The summed E-state index contributed by atoms with van der Waals surface area (Å²) in [6.45, 7) is 2.25. The van der Waals surface area contributed by atoms with E-state index in [1.54, 1.807) is 5.57 Å². The zero-order valence-electron chi connectivity index (χ0n) is 10.1. The molecule has 16 heavy (non-hydrogen) atoms. The van der Waals surface area contributed by atoms with Gasteiger partial charge in [-0.25, -0.2) is 0 Å². The van der Waals surface area contributed by atoms with Crippen molar-refractivity contribution >= 4 is 5.69 Å². The maximum absolute atomic E-state index is 5.72. The summed E-state index contributed by atoms with van der Waals surface area (Å²) in [5.41, 5.74) is 9.61. The molecule has 1 nitrogen and oxygen atoms in total. The van der Waals surface area contributed by atoms with Crippen molar-refractivity contribution < 1.29 is 0 Å². The first-order chi connectivity index (χ1) is 7.75. The van der Waals surface area contributed by atoms with Gasteiger partial charge in [-0.15, -0.1) is 0 Å². The van der Waals surface area contributed by atoms with Crippen molar-refractivity contribution in [2.75, 3.05) is 5.73 Å². The quantitative estimate of drug-likeness (QED) is 0.549. The molecule has 1 aliphatic carbocycles. The van der Waals surface area contributed by atoms with Gasteiger partial charge in [0.05, 0.1) is 0 Å². The monoisotopic (exact) mass is 215 g/mol. The summed E-state index contributed by atoms with van der Waals surface area (Å²) in [6.07, 6.45) is 8.81. The number of benzene rings is 1. The van der Waals surface area contributed by atoms with Gasteiger partial charge in [0.15, 0.2) is 0 Å². The fourth-order valence-corrected chi connectivity index (χ4v) is 2.51. The van der Waals surface area contributed by atoms with Crippen LogP contribution in [0.4, 0.5) is 5.69 Å². The zero-order valence-corrected chi connectivity index (χ0v) is 10.1. The second-order valence-corrected chi connectivity index (χ2v) is 4.88. The minimum Gasteiger partial charge on any atom is -0.399 e. The van der Waals surface area contributed by atoms with Gasteiger partial charge in [0.1, 0.15) is 0 Å². The van der Waals surface area contributed by atoms with Gasteiger partial charge >= 0.3 is 0 Å². The summed E-state index contributed by atoms with van der Waals surface area (Å²) >= 11 is 0. The van der Waals surface area contributed by atoms with Crippen LogP contribution in [-0.4, -0.2) is 0 Å². The van der Waals surface area contributed by atoms with Crippen LogP contribution in [0.1, 0.15) is 50.5 Å². The van der Waals surface area contributed by atoms with Gasteiger partial charge in [-0.1, -0.05) is 23.8 Å². The van der Waals surface area contributed by atoms with Crippen molar-refractivity contribution in [3.05, 3.63) is 41.5 Å². The standard InChI is InChI=1S/C15H21N/c1-12-4-2-6-13(7-3-5-12)14-8-10-15(16)11-9-14/h4,8-11,13H,2-3,5-7,16H2,1H3. The molecule has 1 heteroatoms. The molecule has 1 aromatic carbocycles. The first kappa shape index (κ1) is 11.3. The molecule has 0 saturated carbocycles. The number of allylic oxidation sites excluding steroid dienone is 2. The van der Waals surface area contributed by atoms with Crippen LogP contribution in [0.3, 0.4) is 0 Å². The average Bonchev–Trinajstić information content (AvgIpc) is 2.25. The van der Waals surface area contributed by atoms with Gasteiger partial charge in [-0.05, 0) is 62.6 Å². The highest BCUT2D eigenvalue weighted by Gasteiger charge is 2.12. The molecule has 0 radical (unpaired) electrons. The fraction of sp³-hybridized carbons (Fsp3) is 0.467. The number of hydrogen-bond donors (Lipinski definition) is 1. The normalized spacial score (nSPS) is 22.1. The molecule has 0 aliphatic heterocycles. The van der Waals surface area contributed by atoms with E-state index >= 15 is 0 Å². The lowest BCUT2D eigenvalue weighted by Gasteiger charge is -2.19. The van der Waals surface area contributed by atoms with E-state index in [9.17, 15) is 0 Å². The van der Waals surface area contributed by atoms with E-state index in [2.05, 4.69) is 25.1 Å². The van der Waals surface area contributed by atoms with Crippen LogP contribution < -0.4 is 5.73 Å². The average molecular weight is 215 g/mol. The van der Waals surface area contributed by atoms with E-state index in [0.29, 0.717) is 0 Å². The molecule has 0 fully saturated rings. The summed E-state index contributed by atoms with van der Waals surface area (Å²) in [7, 11) is 0. The van der Waals surface area contributed by atoms with E-state index < -0.39 is 0 Å². The maximum Gasteiger partial charge on any atom is 0.0314 e. The minimum atomic E-state index is 0.727. The number of rotatable bonds is 1. The molecule has 2 rings (SSSR count). The third kappa shape index (κ3) is 2.88. The van der Waals surface area contributed by atoms with Crippen LogP contribution >= 0.6 is 0 Å². The predicted octanol–water partition coefficient (Wildman–Crippen LogP) is 4.26. The molecule has 86 valence electrons. The first-order valence-electron chi connectivity index (χ1n) is 6.27.